The van der Waals surface area contributed by atoms with Crippen LogP contribution >= 0.6 is 11.6 Å². The fourth-order valence-corrected chi connectivity index (χ4v) is 2.26. The number of benzene rings is 2. The average molecular weight is 358 g/mol. The fourth-order valence-electron chi connectivity index (χ4n) is 2.14. The number of tetrazole rings is 1. The molecule has 0 aliphatic carbocycles. The summed E-state index contributed by atoms with van der Waals surface area (Å²) in [5.41, 5.74) is 1.42. The van der Waals surface area contributed by atoms with E-state index in [-0.39, 0.29) is 11.6 Å². The van der Waals surface area contributed by atoms with E-state index in [1.165, 1.54) is 29.0 Å². The van der Waals surface area contributed by atoms with Gasteiger partial charge in [0.1, 0.15) is 11.5 Å². The second kappa shape index (κ2) is 7.23. The summed E-state index contributed by atoms with van der Waals surface area (Å²) in [6.45, 7) is 1.65. The van der Waals surface area contributed by atoms with Gasteiger partial charge in [0.05, 0.1) is 0 Å². The molecule has 3 rings (SSSR count). The van der Waals surface area contributed by atoms with Gasteiger partial charge in [0.15, 0.2) is 5.82 Å². The molecule has 0 saturated heterocycles. The van der Waals surface area contributed by atoms with Crippen molar-refractivity contribution < 1.29 is 9.18 Å². The van der Waals surface area contributed by atoms with Crippen molar-refractivity contribution in [2.24, 2.45) is 0 Å². The fraction of sp³-hybridized carbons (Fsp3) is 0.0588. The van der Waals surface area contributed by atoms with Gasteiger partial charge in [0, 0.05) is 16.8 Å². The van der Waals surface area contributed by atoms with E-state index < -0.39 is 5.82 Å². The largest absolute Gasteiger partial charge is 0.322 e. The van der Waals surface area contributed by atoms with E-state index >= 15 is 0 Å². The van der Waals surface area contributed by atoms with Gasteiger partial charge in [0.25, 0.3) is 0 Å². The van der Waals surface area contributed by atoms with Crippen LogP contribution in [0.25, 0.3) is 11.8 Å². The van der Waals surface area contributed by atoms with Crippen LogP contribution in [0, 0.1) is 12.7 Å². The Bertz CT molecular complexity index is 936. The number of anilines is 1. The number of carbonyl (C=O) groups excluding carboxylic acids is 1. The molecule has 0 bridgehead atoms. The summed E-state index contributed by atoms with van der Waals surface area (Å²) in [4.78, 5) is 12.0. The molecule has 2 aromatic carbocycles. The number of rotatable bonds is 4. The summed E-state index contributed by atoms with van der Waals surface area (Å²) >= 11 is 5.81. The molecule has 126 valence electrons. The highest BCUT2D eigenvalue weighted by molar-refractivity contribution is 6.30. The van der Waals surface area contributed by atoms with Crippen molar-refractivity contribution in [1.82, 2.24) is 20.2 Å². The summed E-state index contributed by atoms with van der Waals surface area (Å²) in [6.07, 6.45) is 3.04. The minimum Gasteiger partial charge on any atom is -0.322 e. The Morgan fingerprint density at radius 1 is 1.24 bits per heavy atom. The van der Waals surface area contributed by atoms with Crippen LogP contribution in [-0.2, 0) is 4.79 Å². The zero-order chi connectivity index (χ0) is 17.8. The number of nitrogens with one attached hydrogen (secondary N) is 1. The molecular formula is C17H13ClFN5O. The average Bonchev–Trinajstić information content (AvgIpc) is 3.02. The quantitative estimate of drug-likeness (QED) is 0.726. The topological polar surface area (TPSA) is 72.7 Å². The molecule has 0 atom stereocenters. The van der Waals surface area contributed by atoms with Crippen LogP contribution < -0.4 is 5.32 Å². The maximum atomic E-state index is 14.0. The molecule has 0 radical (unpaired) electrons. The summed E-state index contributed by atoms with van der Waals surface area (Å²) in [5.74, 6) is -0.406. The van der Waals surface area contributed by atoms with E-state index in [9.17, 15) is 9.18 Å². The van der Waals surface area contributed by atoms with Gasteiger partial charge in [-0.3, -0.25) is 4.79 Å². The normalized spacial score (nSPS) is 11.0. The zero-order valence-electron chi connectivity index (χ0n) is 13.1. The van der Waals surface area contributed by atoms with E-state index in [0.29, 0.717) is 16.5 Å². The van der Waals surface area contributed by atoms with Crippen LogP contribution in [0.1, 0.15) is 11.4 Å². The molecule has 6 nitrogen and oxygen atoms in total. The van der Waals surface area contributed by atoms with Gasteiger partial charge >= 0.3 is 0 Å². The third-order valence-corrected chi connectivity index (χ3v) is 3.62. The number of aryl methyl sites for hydroxylation is 1. The van der Waals surface area contributed by atoms with Crippen molar-refractivity contribution in [2.45, 2.75) is 6.92 Å². The predicted molar refractivity (Wildman–Crippen MR) is 93.0 cm³/mol. The molecule has 25 heavy (non-hydrogen) atoms. The number of nitrogens with zero attached hydrogens (tertiary/aromatic N) is 4. The molecule has 8 heteroatoms. The number of amides is 1. The Hall–Kier alpha value is -3.06. The molecule has 0 fully saturated rings. The van der Waals surface area contributed by atoms with Crippen molar-refractivity contribution in [3.63, 3.8) is 0 Å². The van der Waals surface area contributed by atoms with E-state index in [1.807, 2.05) is 0 Å². The highest BCUT2D eigenvalue weighted by atomic mass is 35.5. The third-order valence-electron chi connectivity index (χ3n) is 3.36. The number of aromatic nitrogens is 4. The summed E-state index contributed by atoms with van der Waals surface area (Å²) in [7, 11) is 0. The maximum absolute atomic E-state index is 14.0. The second-order valence-electron chi connectivity index (χ2n) is 5.18. The van der Waals surface area contributed by atoms with Gasteiger partial charge in [0.2, 0.25) is 5.91 Å². The van der Waals surface area contributed by atoms with E-state index in [4.69, 9.17) is 11.6 Å². The van der Waals surface area contributed by atoms with Gasteiger partial charge < -0.3 is 5.32 Å². The predicted octanol–water partition coefficient (Wildman–Crippen LogP) is 3.42. The Balaban J connectivity index is 1.75. The maximum Gasteiger partial charge on any atom is 0.248 e. The molecule has 0 aliphatic rings. The molecule has 0 unspecified atom stereocenters. The first kappa shape index (κ1) is 16.8. The molecule has 0 spiro atoms. The highest BCUT2D eigenvalue weighted by Gasteiger charge is 2.11. The Morgan fingerprint density at radius 3 is 2.68 bits per heavy atom. The molecule has 0 aliphatic heterocycles. The van der Waals surface area contributed by atoms with Crippen LogP contribution in [0.15, 0.2) is 48.5 Å². The number of hydrogen-bond acceptors (Lipinski definition) is 4. The van der Waals surface area contributed by atoms with Gasteiger partial charge in [-0.05, 0) is 59.3 Å². The first-order valence-corrected chi connectivity index (χ1v) is 7.70. The van der Waals surface area contributed by atoms with Crippen molar-refractivity contribution in [2.75, 3.05) is 5.32 Å². The lowest BCUT2D eigenvalue weighted by Gasteiger charge is -2.07. The number of hydrogen-bond donors (Lipinski definition) is 1. The molecule has 0 saturated carbocycles. The van der Waals surface area contributed by atoms with E-state index in [2.05, 4.69) is 20.8 Å². The standard InChI is InChI=1S/C17H13ClFN5O/c1-11-21-22-23-24(11)16-10-14(7-8-15(16)19)20-17(25)9-4-12-2-5-13(18)6-3-12/h2-10H,1H3,(H,20,25)/b9-4+. The second-order valence-corrected chi connectivity index (χ2v) is 5.61. The molecule has 3 aromatic rings. The van der Waals surface area contributed by atoms with Crippen LogP contribution in [0.3, 0.4) is 0 Å². The Morgan fingerprint density at radius 2 is 2.00 bits per heavy atom. The first-order chi connectivity index (χ1) is 12.0. The lowest BCUT2D eigenvalue weighted by Crippen LogP contribution is -2.09. The lowest BCUT2D eigenvalue weighted by molar-refractivity contribution is -0.111. The zero-order valence-corrected chi connectivity index (χ0v) is 13.9. The van der Waals surface area contributed by atoms with Gasteiger partial charge in [-0.2, -0.15) is 4.68 Å². The van der Waals surface area contributed by atoms with E-state index in [0.717, 1.165) is 5.56 Å². The smallest absolute Gasteiger partial charge is 0.248 e. The third kappa shape index (κ3) is 4.07. The summed E-state index contributed by atoms with van der Waals surface area (Å²) in [5, 5.41) is 14.2. The minimum absolute atomic E-state index is 0.155. The van der Waals surface area contributed by atoms with Crippen LogP contribution in [0.2, 0.25) is 5.02 Å². The van der Waals surface area contributed by atoms with Crippen molar-refractivity contribution >= 4 is 29.3 Å². The Kier molecular flexibility index (Phi) is 4.85. The van der Waals surface area contributed by atoms with Crippen LogP contribution in [-0.4, -0.2) is 26.1 Å². The minimum atomic E-state index is -0.495. The van der Waals surface area contributed by atoms with Crippen LogP contribution in [0.4, 0.5) is 10.1 Å². The van der Waals surface area contributed by atoms with Crippen molar-refractivity contribution in [1.29, 1.82) is 0 Å². The molecule has 1 amide bonds. The first-order valence-electron chi connectivity index (χ1n) is 7.32. The molecule has 1 aromatic heterocycles. The molecular weight excluding hydrogens is 345 g/mol. The van der Waals surface area contributed by atoms with Crippen molar-refractivity contribution in [3.05, 3.63) is 70.8 Å². The van der Waals surface area contributed by atoms with E-state index in [1.54, 1.807) is 37.3 Å². The summed E-state index contributed by atoms with van der Waals surface area (Å²) in [6, 6.07) is 11.2. The molecule has 1 N–H and O–H groups in total. The van der Waals surface area contributed by atoms with Crippen molar-refractivity contribution in [3.8, 4) is 5.69 Å². The molecule has 1 heterocycles. The number of carbonyl (C=O) groups is 1. The highest BCUT2D eigenvalue weighted by Crippen LogP contribution is 2.19. The van der Waals surface area contributed by atoms with Gasteiger partial charge in [-0.1, -0.05) is 23.7 Å². The van der Waals surface area contributed by atoms with Gasteiger partial charge in [-0.15, -0.1) is 5.10 Å². The number of halogens is 2. The van der Waals surface area contributed by atoms with Crippen LogP contribution in [0.5, 0.6) is 0 Å². The lowest BCUT2D eigenvalue weighted by atomic mass is 10.2. The SMILES string of the molecule is Cc1nnnn1-c1cc(NC(=O)/C=C/c2ccc(Cl)cc2)ccc1F. The van der Waals surface area contributed by atoms with Gasteiger partial charge in [-0.25, -0.2) is 4.39 Å². The summed E-state index contributed by atoms with van der Waals surface area (Å²) < 4.78 is 15.3. The monoisotopic (exact) mass is 357 g/mol. The Labute approximate surface area is 147 Å².